The Labute approximate surface area is 283 Å². The van der Waals surface area contributed by atoms with Crippen LogP contribution in [0.15, 0.2) is 36.5 Å². The van der Waals surface area contributed by atoms with Gasteiger partial charge < -0.3 is 27.9 Å². The van der Waals surface area contributed by atoms with Crippen molar-refractivity contribution in [2.75, 3.05) is 54.1 Å². The Hall–Kier alpha value is -1.28. The Balaban J connectivity index is 4.37. The standard InChI is InChI=1S/C37H70NO7P/c1-6-8-10-12-14-16-18-19-20-22-24-26-28-30-37(39)45-36(35-44-46(40,41)43-33-31-38(3,4)5)34-42-32-29-27-25-23-21-17-15-13-11-9-7-2/h10-13,16,18,36H,6-9,14-15,17,19-35H2,1-5H3/b12-10-,13-11-,18-16-. The van der Waals surface area contributed by atoms with Crippen LogP contribution in [0, 0.1) is 0 Å². The largest absolute Gasteiger partial charge is 0.756 e. The van der Waals surface area contributed by atoms with E-state index in [4.69, 9.17) is 18.5 Å². The molecule has 0 rings (SSSR count). The number of likely N-dealkylation sites (N-methyl/N-ethyl adjacent to an activating group) is 1. The number of esters is 1. The van der Waals surface area contributed by atoms with E-state index in [0.717, 1.165) is 70.6 Å². The van der Waals surface area contributed by atoms with Gasteiger partial charge in [0, 0.05) is 13.0 Å². The van der Waals surface area contributed by atoms with E-state index in [1.807, 2.05) is 21.1 Å². The molecule has 0 amide bonds. The maximum Gasteiger partial charge on any atom is 0.306 e. The van der Waals surface area contributed by atoms with Gasteiger partial charge in [0.1, 0.15) is 19.3 Å². The zero-order valence-corrected chi connectivity index (χ0v) is 31.2. The molecule has 0 saturated heterocycles. The molecule has 0 heterocycles. The summed E-state index contributed by atoms with van der Waals surface area (Å²) >= 11 is 0. The minimum atomic E-state index is -4.52. The normalized spacial score (nSPS) is 14.5. The first-order chi connectivity index (χ1) is 22.1. The number of quaternary nitrogens is 1. The molecule has 0 aromatic rings. The van der Waals surface area contributed by atoms with Gasteiger partial charge in [0.2, 0.25) is 0 Å². The fourth-order valence-electron chi connectivity index (χ4n) is 4.52. The summed E-state index contributed by atoms with van der Waals surface area (Å²) in [6.45, 7) is 5.23. The molecule has 0 aliphatic heterocycles. The van der Waals surface area contributed by atoms with Crippen molar-refractivity contribution in [3.05, 3.63) is 36.5 Å². The number of ether oxygens (including phenoxy) is 2. The highest BCUT2D eigenvalue weighted by atomic mass is 31.2. The zero-order valence-electron chi connectivity index (χ0n) is 30.3. The summed E-state index contributed by atoms with van der Waals surface area (Å²) in [6.07, 6.45) is 32.9. The lowest BCUT2D eigenvalue weighted by Gasteiger charge is -2.28. The van der Waals surface area contributed by atoms with Crippen LogP contribution in [0.5, 0.6) is 0 Å². The monoisotopic (exact) mass is 671 g/mol. The first-order valence-corrected chi connectivity index (χ1v) is 19.7. The summed E-state index contributed by atoms with van der Waals surface area (Å²) in [5, 5.41) is 0. The van der Waals surface area contributed by atoms with Crippen LogP contribution in [0.25, 0.3) is 0 Å². The van der Waals surface area contributed by atoms with Crippen LogP contribution in [-0.4, -0.2) is 70.7 Å². The minimum Gasteiger partial charge on any atom is -0.756 e. The average Bonchev–Trinajstić information content (AvgIpc) is 2.99. The summed E-state index contributed by atoms with van der Waals surface area (Å²) in [6, 6.07) is 0. The van der Waals surface area contributed by atoms with Crippen molar-refractivity contribution in [2.45, 2.75) is 142 Å². The number of carbonyl (C=O) groups excluding carboxylic acids is 1. The lowest BCUT2D eigenvalue weighted by atomic mass is 10.1. The van der Waals surface area contributed by atoms with Crippen molar-refractivity contribution >= 4 is 13.8 Å². The third-order valence-corrected chi connectivity index (χ3v) is 8.34. The molecule has 0 spiro atoms. The summed E-state index contributed by atoms with van der Waals surface area (Å²) in [4.78, 5) is 24.9. The van der Waals surface area contributed by atoms with Crippen LogP contribution < -0.4 is 4.89 Å². The Kier molecular flexibility index (Phi) is 30.2. The second-order valence-corrected chi connectivity index (χ2v) is 14.6. The number of allylic oxidation sites excluding steroid dienone is 6. The summed E-state index contributed by atoms with van der Waals surface area (Å²) in [7, 11) is 1.34. The lowest BCUT2D eigenvalue weighted by molar-refractivity contribution is -0.870. The molecule has 9 heteroatoms. The summed E-state index contributed by atoms with van der Waals surface area (Å²) in [5.74, 6) is -0.354. The fourth-order valence-corrected chi connectivity index (χ4v) is 5.25. The van der Waals surface area contributed by atoms with Crippen LogP contribution in [0.3, 0.4) is 0 Å². The van der Waals surface area contributed by atoms with E-state index in [2.05, 4.69) is 50.3 Å². The van der Waals surface area contributed by atoms with E-state index >= 15 is 0 Å². The molecule has 0 aromatic carbocycles. The van der Waals surface area contributed by atoms with Gasteiger partial charge >= 0.3 is 5.97 Å². The number of phosphoric ester groups is 1. The van der Waals surface area contributed by atoms with Gasteiger partial charge in [-0.15, -0.1) is 0 Å². The highest BCUT2D eigenvalue weighted by Gasteiger charge is 2.20. The van der Waals surface area contributed by atoms with Crippen molar-refractivity contribution < 1.29 is 37.3 Å². The van der Waals surface area contributed by atoms with E-state index in [0.29, 0.717) is 24.1 Å². The van der Waals surface area contributed by atoms with Crippen LogP contribution >= 0.6 is 7.82 Å². The zero-order chi connectivity index (χ0) is 34.2. The van der Waals surface area contributed by atoms with Crippen molar-refractivity contribution in [3.8, 4) is 0 Å². The number of unbranched alkanes of at least 4 members (excludes halogenated alkanes) is 13. The molecule has 46 heavy (non-hydrogen) atoms. The Morgan fingerprint density at radius 3 is 1.80 bits per heavy atom. The van der Waals surface area contributed by atoms with Crippen molar-refractivity contribution in [1.29, 1.82) is 0 Å². The maximum absolute atomic E-state index is 12.6. The van der Waals surface area contributed by atoms with Crippen molar-refractivity contribution in [3.63, 3.8) is 0 Å². The van der Waals surface area contributed by atoms with Crippen molar-refractivity contribution in [2.24, 2.45) is 0 Å². The molecule has 270 valence electrons. The van der Waals surface area contributed by atoms with Gasteiger partial charge in [-0.3, -0.25) is 9.36 Å². The second-order valence-electron chi connectivity index (χ2n) is 13.2. The van der Waals surface area contributed by atoms with Crippen molar-refractivity contribution in [1.82, 2.24) is 0 Å². The molecule has 2 atom stereocenters. The van der Waals surface area contributed by atoms with Gasteiger partial charge in [0.15, 0.2) is 0 Å². The minimum absolute atomic E-state index is 0.0213. The van der Waals surface area contributed by atoms with E-state index in [9.17, 15) is 14.3 Å². The van der Waals surface area contributed by atoms with E-state index in [1.165, 1.54) is 44.9 Å². The molecule has 0 fully saturated rings. The molecule has 0 aliphatic rings. The number of nitrogens with zero attached hydrogens (tertiary/aromatic N) is 1. The first-order valence-electron chi connectivity index (χ1n) is 18.2. The van der Waals surface area contributed by atoms with Crippen LogP contribution in [0.2, 0.25) is 0 Å². The predicted octanol–water partition coefficient (Wildman–Crippen LogP) is 9.24. The Morgan fingerprint density at radius 2 is 1.20 bits per heavy atom. The van der Waals surface area contributed by atoms with Gasteiger partial charge in [-0.05, 0) is 57.8 Å². The van der Waals surface area contributed by atoms with Crippen LogP contribution in [-0.2, 0) is 27.9 Å². The molecule has 0 N–H and O–H groups in total. The van der Waals surface area contributed by atoms with E-state index in [-0.39, 0.29) is 25.8 Å². The molecule has 0 radical (unpaired) electrons. The molecule has 8 nitrogen and oxygen atoms in total. The fraction of sp³-hybridized carbons (Fsp3) is 0.811. The van der Waals surface area contributed by atoms with Gasteiger partial charge in [0.25, 0.3) is 7.82 Å². The van der Waals surface area contributed by atoms with Crippen LogP contribution in [0.4, 0.5) is 0 Å². The van der Waals surface area contributed by atoms with Crippen LogP contribution in [0.1, 0.15) is 136 Å². The first kappa shape index (κ1) is 44.7. The highest BCUT2D eigenvalue weighted by molar-refractivity contribution is 7.45. The maximum atomic E-state index is 12.6. The summed E-state index contributed by atoms with van der Waals surface area (Å²) in [5.41, 5.74) is 0. The molecule has 2 unspecified atom stereocenters. The number of phosphoric acid groups is 1. The second kappa shape index (κ2) is 31.0. The predicted molar refractivity (Wildman–Crippen MR) is 190 cm³/mol. The van der Waals surface area contributed by atoms with E-state index in [1.54, 1.807) is 0 Å². The SMILES string of the molecule is CCC/C=C\C/C=C\CCCCCCCC(=O)OC(COCCCCCCCC/C=C\CCC)COP(=O)([O-])OCC[N+](C)(C)C. The Bertz CT molecular complexity index is 838. The lowest BCUT2D eigenvalue weighted by Crippen LogP contribution is -2.37. The van der Waals surface area contributed by atoms with E-state index < -0.39 is 13.9 Å². The van der Waals surface area contributed by atoms with Gasteiger partial charge in [-0.25, -0.2) is 0 Å². The number of hydrogen-bond donors (Lipinski definition) is 0. The highest BCUT2D eigenvalue weighted by Crippen LogP contribution is 2.38. The molecular formula is C37H70NO7P. The molecular weight excluding hydrogens is 601 g/mol. The quantitative estimate of drug-likeness (QED) is 0.0226. The number of hydrogen-bond acceptors (Lipinski definition) is 7. The smallest absolute Gasteiger partial charge is 0.306 e. The molecule has 0 saturated carbocycles. The molecule has 0 bridgehead atoms. The third-order valence-electron chi connectivity index (χ3n) is 7.38. The molecule has 0 aliphatic carbocycles. The average molecular weight is 672 g/mol. The van der Waals surface area contributed by atoms with Gasteiger partial charge in [-0.1, -0.05) is 108 Å². The Morgan fingerprint density at radius 1 is 0.674 bits per heavy atom. The van der Waals surface area contributed by atoms with Gasteiger partial charge in [-0.2, -0.15) is 0 Å². The topological polar surface area (TPSA) is 94.1 Å². The number of rotatable bonds is 33. The van der Waals surface area contributed by atoms with Gasteiger partial charge in [0.05, 0.1) is 34.4 Å². The third kappa shape index (κ3) is 34.1. The number of carbonyl (C=O) groups is 1. The summed E-state index contributed by atoms with van der Waals surface area (Å²) < 4.78 is 34.3. The molecule has 0 aromatic heterocycles.